The van der Waals surface area contributed by atoms with E-state index in [-0.39, 0.29) is 6.04 Å². The maximum atomic E-state index is 12.6. The second kappa shape index (κ2) is 7.08. The lowest BCUT2D eigenvalue weighted by Gasteiger charge is -2.34. The molecule has 2 aliphatic heterocycles. The highest BCUT2D eigenvalue weighted by Crippen LogP contribution is 2.29. The summed E-state index contributed by atoms with van der Waals surface area (Å²) < 4.78 is 66.7. The Morgan fingerprint density at radius 2 is 1.84 bits per heavy atom. The number of anilines is 1. The predicted molar refractivity (Wildman–Crippen MR) is 87.3 cm³/mol. The standard InChI is InChI=1S/C15H21F3N4O2S/c16-15(17,18)12-5-6-14(19-10-12)21-7-3-4-13(11-21)20-25(23,24)22-8-1-2-9-22/h5-6,10,13,20H,1-4,7-9,11H2/t13-/m1/s1. The van der Waals surface area contributed by atoms with Gasteiger partial charge >= 0.3 is 6.18 Å². The lowest BCUT2D eigenvalue weighted by Crippen LogP contribution is -2.51. The van der Waals surface area contributed by atoms with Crippen molar-refractivity contribution >= 4 is 16.0 Å². The molecule has 10 heteroatoms. The van der Waals surface area contributed by atoms with Crippen molar-refractivity contribution in [2.24, 2.45) is 0 Å². The zero-order chi connectivity index (χ0) is 18.1. The van der Waals surface area contributed by atoms with Gasteiger partial charge in [0.1, 0.15) is 5.82 Å². The molecule has 1 aromatic rings. The Balaban J connectivity index is 1.65. The van der Waals surface area contributed by atoms with E-state index in [0.717, 1.165) is 31.5 Å². The maximum Gasteiger partial charge on any atom is 0.417 e. The van der Waals surface area contributed by atoms with Gasteiger partial charge in [0.25, 0.3) is 10.2 Å². The van der Waals surface area contributed by atoms with Crippen molar-refractivity contribution in [1.82, 2.24) is 14.0 Å². The molecule has 2 saturated heterocycles. The molecule has 0 aliphatic carbocycles. The van der Waals surface area contributed by atoms with Crippen LogP contribution in [0.25, 0.3) is 0 Å². The van der Waals surface area contributed by atoms with E-state index in [1.165, 1.54) is 10.4 Å². The highest BCUT2D eigenvalue weighted by Gasteiger charge is 2.32. The Labute approximate surface area is 145 Å². The summed E-state index contributed by atoms with van der Waals surface area (Å²) in [6.07, 6.45) is -0.422. The van der Waals surface area contributed by atoms with Crippen molar-refractivity contribution in [3.63, 3.8) is 0 Å². The van der Waals surface area contributed by atoms with Crippen LogP contribution in [-0.2, 0) is 16.4 Å². The minimum Gasteiger partial charge on any atom is -0.355 e. The lowest BCUT2D eigenvalue weighted by molar-refractivity contribution is -0.137. The summed E-state index contributed by atoms with van der Waals surface area (Å²) in [6, 6.07) is 2.06. The van der Waals surface area contributed by atoms with E-state index < -0.39 is 21.9 Å². The highest BCUT2D eigenvalue weighted by atomic mass is 32.2. The predicted octanol–water partition coefficient (Wildman–Crippen LogP) is 2.00. The molecule has 0 unspecified atom stereocenters. The molecule has 2 fully saturated rings. The molecule has 0 amide bonds. The number of nitrogens with zero attached hydrogens (tertiary/aromatic N) is 3. The van der Waals surface area contributed by atoms with Gasteiger partial charge in [0, 0.05) is 38.4 Å². The Morgan fingerprint density at radius 3 is 2.44 bits per heavy atom. The number of aromatic nitrogens is 1. The van der Waals surface area contributed by atoms with Crippen LogP contribution in [0.1, 0.15) is 31.2 Å². The van der Waals surface area contributed by atoms with Gasteiger partial charge < -0.3 is 4.90 Å². The SMILES string of the molecule is O=S(=O)(N[C@@H]1CCCN(c2ccc(C(F)(F)F)cn2)C1)N1CCCC1. The van der Waals surface area contributed by atoms with E-state index in [0.29, 0.717) is 38.4 Å². The molecular weight excluding hydrogens is 357 g/mol. The summed E-state index contributed by atoms with van der Waals surface area (Å²) in [4.78, 5) is 5.72. The third-order valence-corrected chi connectivity index (χ3v) is 6.22. The number of rotatable bonds is 4. The zero-order valence-electron chi connectivity index (χ0n) is 13.7. The van der Waals surface area contributed by atoms with Crippen LogP contribution in [0, 0.1) is 0 Å². The number of piperidine rings is 1. The first kappa shape index (κ1) is 18.4. The quantitative estimate of drug-likeness (QED) is 0.870. The zero-order valence-corrected chi connectivity index (χ0v) is 14.5. The first-order chi connectivity index (χ1) is 11.8. The second-order valence-electron chi connectivity index (χ2n) is 6.42. The number of pyridine rings is 1. The molecule has 1 N–H and O–H groups in total. The summed E-state index contributed by atoms with van der Waals surface area (Å²) in [5, 5.41) is 0. The van der Waals surface area contributed by atoms with Crippen molar-refractivity contribution in [1.29, 1.82) is 0 Å². The lowest BCUT2D eigenvalue weighted by atomic mass is 10.1. The van der Waals surface area contributed by atoms with E-state index in [9.17, 15) is 21.6 Å². The summed E-state index contributed by atoms with van der Waals surface area (Å²) in [7, 11) is -3.50. The van der Waals surface area contributed by atoms with Crippen molar-refractivity contribution in [2.75, 3.05) is 31.1 Å². The summed E-state index contributed by atoms with van der Waals surface area (Å²) in [5.74, 6) is 0.429. The topological polar surface area (TPSA) is 65.5 Å². The van der Waals surface area contributed by atoms with Gasteiger partial charge in [0.2, 0.25) is 0 Å². The average molecular weight is 378 g/mol. The molecular formula is C15H21F3N4O2S. The molecule has 3 rings (SSSR count). The Morgan fingerprint density at radius 1 is 1.12 bits per heavy atom. The van der Waals surface area contributed by atoms with Gasteiger partial charge in [-0.25, -0.2) is 4.98 Å². The number of halogens is 3. The molecule has 3 heterocycles. The Kier molecular flexibility index (Phi) is 5.21. The molecule has 140 valence electrons. The second-order valence-corrected chi connectivity index (χ2v) is 8.12. The van der Waals surface area contributed by atoms with E-state index >= 15 is 0 Å². The van der Waals surface area contributed by atoms with Crippen LogP contribution in [0.3, 0.4) is 0 Å². The number of nitrogens with one attached hydrogen (secondary N) is 1. The van der Waals surface area contributed by atoms with Gasteiger partial charge in [-0.2, -0.15) is 30.6 Å². The van der Waals surface area contributed by atoms with Crippen molar-refractivity contribution in [2.45, 2.75) is 37.9 Å². The van der Waals surface area contributed by atoms with Gasteiger partial charge in [0.15, 0.2) is 0 Å². The molecule has 0 radical (unpaired) electrons. The monoisotopic (exact) mass is 378 g/mol. The molecule has 25 heavy (non-hydrogen) atoms. The normalized spacial score (nSPS) is 23.2. The smallest absolute Gasteiger partial charge is 0.355 e. The molecule has 0 bridgehead atoms. The van der Waals surface area contributed by atoms with Crippen molar-refractivity contribution in [3.8, 4) is 0 Å². The fourth-order valence-electron chi connectivity index (χ4n) is 3.24. The summed E-state index contributed by atoms with van der Waals surface area (Å²) in [5.41, 5.74) is -0.792. The van der Waals surface area contributed by atoms with E-state index in [1.54, 1.807) is 0 Å². The molecule has 2 aliphatic rings. The minimum absolute atomic E-state index is 0.275. The van der Waals surface area contributed by atoms with E-state index in [1.807, 2.05) is 4.90 Å². The average Bonchev–Trinajstić information content (AvgIpc) is 3.09. The molecule has 0 spiro atoms. The first-order valence-electron chi connectivity index (χ1n) is 8.31. The minimum atomic E-state index is -4.42. The number of hydrogen-bond acceptors (Lipinski definition) is 4. The van der Waals surface area contributed by atoms with Crippen LogP contribution in [0.2, 0.25) is 0 Å². The van der Waals surface area contributed by atoms with Crippen LogP contribution in [0.5, 0.6) is 0 Å². The third-order valence-electron chi connectivity index (χ3n) is 4.54. The van der Waals surface area contributed by atoms with Crippen molar-refractivity contribution < 1.29 is 21.6 Å². The van der Waals surface area contributed by atoms with Gasteiger partial charge in [-0.05, 0) is 37.8 Å². The van der Waals surface area contributed by atoms with E-state index in [4.69, 9.17) is 0 Å². The Hall–Kier alpha value is -1.39. The van der Waals surface area contributed by atoms with Crippen molar-refractivity contribution in [3.05, 3.63) is 23.9 Å². The van der Waals surface area contributed by atoms with Crippen LogP contribution < -0.4 is 9.62 Å². The van der Waals surface area contributed by atoms with Crippen LogP contribution in [0.4, 0.5) is 19.0 Å². The van der Waals surface area contributed by atoms with Gasteiger partial charge in [-0.1, -0.05) is 0 Å². The molecule has 1 atom stereocenters. The third kappa shape index (κ3) is 4.42. The maximum absolute atomic E-state index is 12.6. The van der Waals surface area contributed by atoms with Crippen LogP contribution >= 0.6 is 0 Å². The fraction of sp³-hybridized carbons (Fsp3) is 0.667. The fourth-order valence-corrected chi connectivity index (χ4v) is 4.74. The van der Waals surface area contributed by atoms with E-state index in [2.05, 4.69) is 9.71 Å². The molecule has 0 saturated carbocycles. The molecule has 6 nitrogen and oxygen atoms in total. The van der Waals surface area contributed by atoms with Gasteiger partial charge in [-0.3, -0.25) is 0 Å². The van der Waals surface area contributed by atoms with Gasteiger partial charge in [-0.15, -0.1) is 0 Å². The number of alkyl halides is 3. The summed E-state index contributed by atoms with van der Waals surface area (Å²) in [6.45, 7) is 2.10. The van der Waals surface area contributed by atoms with Gasteiger partial charge in [0.05, 0.1) is 5.56 Å². The van der Waals surface area contributed by atoms with Crippen LogP contribution in [0.15, 0.2) is 18.3 Å². The Bertz CT molecular complexity index is 688. The largest absolute Gasteiger partial charge is 0.417 e. The first-order valence-corrected chi connectivity index (χ1v) is 9.75. The van der Waals surface area contributed by atoms with Crippen LogP contribution in [-0.4, -0.2) is 49.9 Å². The highest BCUT2D eigenvalue weighted by molar-refractivity contribution is 7.87. The molecule has 1 aromatic heterocycles. The number of hydrogen-bond donors (Lipinski definition) is 1. The summed E-state index contributed by atoms with van der Waals surface area (Å²) >= 11 is 0. The molecule has 0 aromatic carbocycles.